The molecule has 1 amide bonds. The third kappa shape index (κ3) is 5.38. The zero-order valence-corrected chi connectivity index (χ0v) is 17.9. The van der Waals surface area contributed by atoms with Gasteiger partial charge in [-0.25, -0.2) is 4.98 Å². The highest BCUT2D eigenvalue weighted by Gasteiger charge is 2.13. The van der Waals surface area contributed by atoms with Gasteiger partial charge in [0, 0.05) is 11.4 Å². The highest BCUT2D eigenvalue weighted by atomic mass is 16.5. The van der Waals surface area contributed by atoms with Crippen molar-refractivity contribution in [1.82, 2.24) is 4.98 Å². The molecule has 0 aliphatic rings. The number of anilines is 2. The number of hydrogen-bond acceptors (Lipinski definition) is 4. The van der Waals surface area contributed by atoms with Crippen LogP contribution in [0.3, 0.4) is 0 Å². The van der Waals surface area contributed by atoms with Crippen LogP contribution in [0.15, 0.2) is 54.6 Å². The molecule has 30 heavy (non-hydrogen) atoms. The molecule has 0 unspecified atom stereocenters. The number of amides is 1. The van der Waals surface area contributed by atoms with Crippen LogP contribution < -0.4 is 15.8 Å². The SMILES string of the molecule is CCCCCc1ccccc1Oc1ccc(NC(=O)c2cc(C)c(C)nc2N)cc1. The zero-order chi connectivity index (χ0) is 21.5. The number of unbranched alkanes of at least 4 members (excludes halogenated alkanes) is 2. The van der Waals surface area contributed by atoms with Crippen molar-refractivity contribution >= 4 is 17.4 Å². The molecule has 0 saturated carbocycles. The number of ether oxygens (including phenoxy) is 1. The Labute approximate surface area is 178 Å². The van der Waals surface area contributed by atoms with Crippen molar-refractivity contribution in [2.45, 2.75) is 46.5 Å². The molecule has 2 aromatic carbocycles. The number of hydrogen-bond donors (Lipinski definition) is 2. The summed E-state index contributed by atoms with van der Waals surface area (Å²) in [4.78, 5) is 16.8. The minimum Gasteiger partial charge on any atom is -0.457 e. The summed E-state index contributed by atoms with van der Waals surface area (Å²) in [5.74, 6) is 1.55. The summed E-state index contributed by atoms with van der Waals surface area (Å²) in [7, 11) is 0. The average molecular weight is 404 g/mol. The van der Waals surface area contributed by atoms with Gasteiger partial charge < -0.3 is 15.8 Å². The molecule has 0 saturated heterocycles. The summed E-state index contributed by atoms with van der Waals surface area (Å²) >= 11 is 0. The molecule has 0 aliphatic carbocycles. The quantitative estimate of drug-likeness (QED) is 0.448. The Hall–Kier alpha value is -3.34. The van der Waals surface area contributed by atoms with Gasteiger partial charge >= 0.3 is 0 Å². The van der Waals surface area contributed by atoms with Crippen molar-refractivity contribution in [3.8, 4) is 11.5 Å². The predicted molar refractivity (Wildman–Crippen MR) is 122 cm³/mol. The van der Waals surface area contributed by atoms with Gasteiger partial charge in [-0.15, -0.1) is 0 Å². The van der Waals surface area contributed by atoms with Crippen LogP contribution in [0.5, 0.6) is 11.5 Å². The molecule has 156 valence electrons. The van der Waals surface area contributed by atoms with Crippen LogP contribution >= 0.6 is 0 Å². The van der Waals surface area contributed by atoms with Crippen molar-refractivity contribution in [2.24, 2.45) is 0 Å². The number of aryl methyl sites for hydroxylation is 3. The van der Waals surface area contributed by atoms with Crippen LogP contribution in [0.25, 0.3) is 0 Å². The number of benzene rings is 2. The van der Waals surface area contributed by atoms with Gasteiger partial charge in [-0.3, -0.25) is 4.79 Å². The first-order chi connectivity index (χ1) is 14.5. The van der Waals surface area contributed by atoms with Crippen LogP contribution in [0.1, 0.15) is 53.4 Å². The largest absolute Gasteiger partial charge is 0.457 e. The number of carbonyl (C=O) groups is 1. The summed E-state index contributed by atoms with van der Waals surface area (Å²) in [5.41, 5.74) is 9.92. The van der Waals surface area contributed by atoms with E-state index in [1.165, 1.54) is 18.4 Å². The number of aromatic nitrogens is 1. The Morgan fingerprint density at radius 3 is 2.53 bits per heavy atom. The molecule has 3 aromatic rings. The van der Waals surface area contributed by atoms with E-state index in [1.807, 2.05) is 56.3 Å². The smallest absolute Gasteiger partial charge is 0.259 e. The monoisotopic (exact) mass is 403 g/mol. The molecule has 1 aromatic heterocycles. The summed E-state index contributed by atoms with van der Waals surface area (Å²) < 4.78 is 6.09. The molecular weight excluding hydrogens is 374 g/mol. The lowest BCUT2D eigenvalue weighted by molar-refractivity contribution is 0.102. The van der Waals surface area contributed by atoms with Gasteiger partial charge in [0.15, 0.2) is 0 Å². The fraction of sp³-hybridized carbons (Fsp3) is 0.280. The second kappa shape index (κ2) is 9.92. The highest BCUT2D eigenvalue weighted by molar-refractivity contribution is 6.07. The number of pyridine rings is 1. The maximum Gasteiger partial charge on any atom is 0.259 e. The van der Waals surface area contributed by atoms with Gasteiger partial charge in [0.1, 0.15) is 17.3 Å². The Bertz CT molecular complexity index is 1010. The Morgan fingerprint density at radius 2 is 1.80 bits per heavy atom. The molecule has 5 heteroatoms. The molecule has 0 spiro atoms. The first-order valence-electron chi connectivity index (χ1n) is 10.4. The van der Waals surface area contributed by atoms with Gasteiger partial charge in [-0.1, -0.05) is 38.0 Å². The lowest BCUT2D eigenvalue weighted by Crippen LogP contribution is -2.15. The second-order valence-corrected chi connectivity index (χ2v) is 7.47. The molecule has 0 radical (unpaired) electrons. The van der Waals surface area contributed by atoms with E-state index < -0.39 is 0 Å². The fourth-order valence-electron chi connectivity index (χ4n) is 3.21. The topological polar surface area (TPSA) is 77.2 Å². The minimum atomic E-state index is -0.280. The number of nitrogens with zero attached hydrogens (tertiary/aromatic N) is 1. The summed E-state index contributed by atoms with van der Waals surface area (Å²) in [6.07, 6.45) is 4.56. The molecule has 0 bridgehead atoms. The van der Waals surface area contributed by atoms with Crippen molar-refractivity contribution in [3.63, 3.8) is 0 Å². The lowest BCUT2D eigenvalue weighted by Gasteiger charge is -2.12. The summed E-state index contributed by atoms with van der Waals surface area (Å²) in [5, 5.41) is 2.87. The van der Waals surface area contributed by atoms with E-state index in [4.69, 9.17) is 10.5 Å². The summed E-state index contributed by atoms with van der Waals surface area (Å²) in [6, 6.07) is 17.2. The third-order valence-electron chi connectivity index (χ3n) is 5.10. The molecule has 3 rings (SSSR count). The number of para-hydroxylation sites is 1. The Morgan fingerprint density at radius 1 is 1.07 bits per heavy atom. The molecule has 1 heterocycles. The van der Waals surface area contributed by atoms with E-state index in [0.29, 0.717) is 11.3 Å². The lowest BCUT2D eigenvalue weighted by atomic mass is 10.1. The van der Waals surface area contributed by atoms with Gasteiger partial charge in [0.05, 0.1) is 5.56 Å². The second-order valence-electron chi connectivity index (χ2n) is 7.47. The van der Waals surface area contributed by atoms with Crippen LogP contribution in [-0.2, 0) is 6.42 Å². The van der Waals surface area contributed by atoms with E-state index >= 15 is 0 Å². The van der Waals surface area contributed by atoms with Gasteiger partial charge in [-0.2, -0.15) is 0 Å². The van der Waals surface area contributed by atoms with Crippen LogP contribution in [0.4, 0.5) is 11.5 Å². The number of rotatable bonds is 8. The van der Waals surface area contributed by atoms with Crippen LogP contribution in [0.2, 0.25) is 0 Å². The average Bonchev–Trinajstić information content (AvgIpc) is 2.73. The maximum atomic E-state index is 12.6. The minimum absolute atomic E-state index is 0.232. The molecule has 0 fully saturated rings. The van der Waals surface area contributed by atoms with E-state index in [0.717, 1.165) is 35.6 Å². The third-order valence-corrected chi connectivity index (χ3v) is 5.10. The van der Waals surface area contributed by atoms with Crippen LogP contribution in [0, 0.1) is 13.8 Å². The molecular formula is C25H29N3O2. The van der Waals surface area contributed by atoms with E-state index in [9.17, 15) is 4.79 Å². The highest BCUT2D eigenvalue weighted by Crippen LogP contribution is 2.28. The Balaban J connectivity index is 1.67. The predicted octanol–water partition coefficient (Wildman–Crippen LogP) is 6.06. The molecule has 5 nitrogen and oxygen atoms in total. The van der Waals surface area contributed by atoms with Crippen molar-refractivity contribution in [3.05, 3.63) is 77.0 Å². The zero-order valence-electron chi connectivity index (χ0n) is 17.9. The number of nitrogens with one attached hydrogen (secondary N) is 1. The molecule has 0 aliphatic heterocycles. The van der Waals surface area contributed by atoms with Gasteiger partial charge in [-0.05, 0) is 74.2 Å². The first kappa shape index (κ1) is 21.4. The van der Waals surface area contributed by atoms with Crippen molar-refractivity contribution in [1.29, 1.82) is 0 Å². The fourth-order valence-corrected chi connectivity index (χ4v) is 3.21. The number of carbonyl (C=O) groups excluding carboxylic acids is 1. The van der Waals surface area contributed by atoms with E-state index in [-0.39, 0.29) is 11.7 Å². The number of nitrogen functional groups attached to an aromatic ring is 1. The van der Waals surface area contributed by atoms with E-state index in [1.54, 1.807) is 6.07 Å². The normalized spacial score (nSPS) is 10.6. The van der Waals surface area contributed by atoms with E-state index in [2.05, 4.69) is 23.3 Å². The standard InChI is InChI=1S/C25H29N3O2/c1-4-5-6-9-19-10-7-8-11-23(19)30-21-14-12-20(13-15-21)28-25(29)22-16-17(2)18(3)27-24(22)26/h7-8,10-16H,4-6,9H2,1-3H3,(H2,26,27)(H,28,29). The Kier molecular flexibility index (Phi) is 7.07. The van der Waals surface area contributed by atoms with Crippen molar-refractivity contribution < 1.29 is 9.53 Å². The van der Waals surface area contributed by atoms with Crippen LogP contribution in [-0.4, -0.2) is 10.9 Å². The summed E-state index contributed by atoms with van der Waals surface area (Å²) in [6.45, 7) is 5.98. The van der Waals surface area contributed by atoms with Gasteiger partial charge in [0.2, 0.25) is 0 Å². The van der Waals surface area contributed by atoms with Gasteiger partial charge in [0.25, 0.3) is 5.91 Å². The van der Waals surface area contributed by atoms with Crippen molar-refractivity contribution in [2.75, 3.05) is 11.1 Å². The molecule has 0 atom stereocenters. The first-order valence-corrected chi connectivity index (χ1v) is 10.4. The number of nitrogens with two attached hydrogens (primary N) is 1. The molecule has 3 N–H and O–H groups in total. The maximum absolute atomic E-state index is 12.6.